The molecular weight excluding hydrogens is 500 g/mol. The van der Waals surface area contributed by atoms with Gasteiger partial charge in [0.15, 0.2) is 0 Å². The Kier molecular flexibility index (Phi) is 14.8. The summed E-state index contributed by atoms with van der Waals surface area (Å²) in [5.41, 5.74) is 0.890. The lowest BCUT2D eigenvalue weighted by atomic mass is 10.1. The zero-order chi connectivity index (χ0) is 27.0. The van der Waals surface area contributed by atoms with Gasteiger partial charge in [0.05, 0.1) is 25.6 Å². The van der Waals surface area contributed by atoms with E-state index in [4.69, 9.17) is 16.2 Å². The normalized spacial score (nSPS) is 11.6. The lowest BCUT2D eigenvalue weighted by Gasteiger charge is -2.30. The number of hydrogen-bond donors (Lipinski definition) is 1. The van der Waals surface area contributed by atoms with E-state index in [1.165, 1.54) is 76.3 Å². The first-order valence-electron chi connectivity index (χ1n) is 12.7. The lowest BCUT2D eigenvalue weighted by molar-refractivity contribution is -0.903. The molecule has 0 bridgehead atoms. The van der Waals surface area contributed by atoms with Gasteiger partial charge in [0.25, 0.3) is 15.8 Å². The Morgan fingerprint density at radius 1 is 0.889 bits per heavy atom. The quantitative estimate of drug-likeness (QED) is 0.0819. The summed E-state index contributed by atoms with van der Waals surface area (Å²) in [7, 11) is 0.285. The molecule has 0 aromatic heterocycles. The molecule has 0 fully saturated rings. The Labute approximate surface area is 222 Å². The Morgan fingerprint density at radius 2 is 1.42 bits per heavy atom. The van der Waals surface area contributed by atoms with Gasteiger partial charge < -0.3 is 4.48 Å². The third-order valence-electron chi connectivity index (χ3n) is 5.98. The van der Waals surface area contributed by atoms with Crippen LogP contribution in [-0.4, -0.2) is 43.0 Å². The fourth-order valence-electron chi connectivity index (χ4n) is 3.98. The largest absolute Gasteiger partial charge is 0.325 e. The van der Waals surface area contributed by atoms with Crippen LogP contribution in [-0.2, 0) is 16.7 Å². The number of nitro groups is 1. The van der Waals surface area contributed by atoms with Gasteiger partial charge in [-0.05, 0) is 25.0 Å². The monoisotopic (exact) mass is 541 g/mol. The highest BCUT2D eigenvalue weighted by Crippen LogP contribution is 2.26. The average Bonchev–Trinajstić information content (AvgIpc) is 2.80. The summed E-state index contributed by atoms with van der Waals surface area (Å²) in [6.07, 6.45) is 14.2. The SMILES string of the molecule is CCCCCCCCCCCC[N+](C)(C)Cc1ccccc1.O=[N+]([O-])c1cc(S(=O)(=O)O)ccc1Cl. The van der Waals surface area contributed by atoms with Crippen LogP contribution in [0.3, 0.4) is 0 Å². The van der Waals surface area contributed by atoms with Crippen molar-refractivity contribution in [3.05, 3.63) is 69.2 Å². The van der Waals surface area contributed by atoms with E-state index in [1.807, 2.05) is 0 Å². The summed E-state index contributed by atoms with van der Waals surface area (Å²) < 4.78 is 30.9. The minimum atomic E-state index is -4.44. The van der Waals surface area contributed by atoms with Gasteiger partial charge in [-0.2, -0.15) is 8.42 Å². The second-order valence-electron chi connectivity index (χ2n) is 9.83. The number of unbranched alkanes of at least 4 members (excludes halogenated alkanes) is 9. The highest BCUT2D eigenvalue weighted by Gasteiger charge is 2.18. The van der Waals surface area contributed by atoms with Gasteiger partial charge in [0.1, 0.15) is 16.5 Å². The maximum atomic E-state index is 10.6. The minimum Gasteiger partial charge on any atom is -0.325 e. The van der Waals surface area contributed by atoms with E-state index in [0.29, 0.717) is 6.07 Å². The van der Waals surface area contributed by atoms with Crippen molar-refractivity contribution in [1.82, 2.24) is 0 Å². The summed E-state index contributed by atoms with van der Waals surface area (Å²) in [6.45, 7) is 4.74. The third-order valence-corrected chi connectivity index (χ3v) is 7.15. The second kappa shape index (κ2) is 16.7. The van der Waals surface area contributed by atoms with Crippen LogP contribution in [0.1, 0.15) is 76.7 Å². The van der Waals surface area contributed by atoms with E-state index < -0.39 is 25.6 Å². The van der Waals surface area contributed by atoms with E-state index in [1.54, 1.807) is 0 Å². The number of hydrogen-bond acceptors (Lipinski definition) is 4. The van der Waals surface area contributed by atoms with Crippen LogP contribution in [0, 0.1) is 10.1 Å². The van der Waals surface area contributed by atoms with Crippen LogP contribution in [0.5, 0.6) is 0 Å². The van der Waals surface area contributed by atoms with Gasteiger partial charge in [-0.15, -0.1) is 0 Å². The fourth-order valence-corrected chi connectivity index (χ4v) is 4.66. The highest BCUT2D eigenvalue weighted by molar-refractivity contribution is 7.85. The molecule has 0 saturated carbocycles. The maximum absolute atomic E-state index is 10.6. The van der Waals surface area contributed by atoms with E-state index >= 15 is 0 Å². The van der Waals surface area contributed by atoms with Crippen LogP contribution < -0.4 is 0 Å². The Hall–Kier alpha value is -2.00. The van der Waals surface area contributed by atoms with E-state index in [2.05, 4.69) is 51.4 Å². The molecule has 0 amide bonds. The van der Waals surface area contributed by atoms with E-state index in [-0.39, 0.29) is 5.02 Å². The number of benzene rings is 2. The summed E-state index contributed by atoms with van der Waals surface area (Å²) in [5, 5.41) is 10.2. The molecule has 0 atom stereocenters. The Bertz CT molecular complexity index is 1010. The average molecular weight is 542 g/mol. The smallest absolute Gasteiger partial charge is 0.294 e. The van der Waals surface area contributed by atoms with Crippen molar-refractivity contribution in [2.75, 3.05) is 20.6 Å². The van der Waals surface area contributed by atoms with Crippen LogP contribution >= 0.6 is 11.6 Å². The summed E-state index contributed by atoms with van der Waals surface area (Å²) >= 11 is 5.42. The summed E-state index contributed by atoms with van der Waals surface area (Å²) in [6, 6.07) is 13.6. The predicted molar refractivity (Wildman–Crippen MR) is 147 cm³/mol. The molecule has 0 aliphatic rings. The molecule has 2 rings (SSSR count). The molecule has 0 aliphatic carbocycles. The number of quaternary nitrogens is 1. The molecule has 2 aromatic carbocycles. The molecule has 9 heteroatoms. The van der Waals surface area contributed by atoms with Crippen molar-refractivity contribution in [3.8, 4) is 0 Å². The molecule has 36 heavy (non-hydrogen) atoms. The van der Waals surface area contributed by atoms with Gasteiger partial charge in [-0.3, -0.25) is 14.7 Å². The molecular formula is C27H42ClN2O5S+. The van der Waals surface area contributed by atoms with E-state index in [9.17, 15) is 18.5 Å². The fraction of sp³-hybridized carbons (Fsp3) is 0.556. The van der Waals surface area contributed by atoms with Crippen molar-refractivity contribution < 1.29 is 22.4 Å². The second-order valence-corrected chi connectivity index (χ2v) is 11.7. The van der Waals surface area contributed by atoms with Gasteiger partial charge in [-0.1, -0.05) is 100 Å². The third kappa shape index (κ3) is 13.9. The van der Waals surface area contributed by atoms with Crippen molar-refractivity contribution in [2.24, 2.45) is 0 Å². The Balaban J connectivity index is 0.000000397. The standard InChI is InChI=1S/C21H38N.C6H4ClNO5S/c1-4-5-6-7-8-9-10-11-12-16-19-22(2,3)20-21-17-14-13-15-18-21;7-5-2-1-4(14(11,12)13)3-6(5)8(9)10/h13-15,17-18H,4-12,16,19-20H2,1-3H3;1-3H,(H,11,12,13)/q+1;. The van der Waals surface area contributed by atoms with Crippen LogP contribution in [0.4, 0.5) is 5.69 Å². The molecule has 0 saturated heterocycles. The van der Waals surface area contributed by atoms with Crippen molar-refractivity contribution >= 4 is 27.4 Å². The molecule has 0 radical (unpaired) electrons. The molecule has 0 heterocycles. The van der Waals surface area contributed by atoms with E-state index in [0.717, 1.165) is 23.2 Å². The molecule has 0 unspecified atom stereocenters. The zero-order valence-corrected chi connectivity index (χ0v) is 23.4. The number of nitro benzene ring substituents is 1. The summed E-state index contributed by atoms with van der Waals surface area (Å²) in [5.74, 6) is 0. The highest BCUT2D eigenvalue weighted by atomic mass is 35.5. The van der Waals surface area contributed by atoms with Gasteiger partial charge in [0, 0.05) is 11.6 Å². The zero-order valence-electron chi connectivity index (χ0n) is 21.9. The molecule has 2 aromatic rings. The lowest BCUT2D eigenvalue weighted by Crippen LogP contribution is -2.39. The first kappa shape index (κ1) is 32.0. The van der Waals surface area contributed by atoms with Crippen LogP contribution in [0.2, 0.25) is 5.02 Å². The first-order valence-corrected chi connectivity index (χ1v) is 14.6. The molecule has 1 N–H and O–H groups in total. The number of rotatable bonds is 15. The maximum Gasteiger partial charge on any atom is 0.294 e. The number of halogens is 1. The molecule has 0 aliphatic heterocycles. The van der Waals surface area contributed by atoms with Gasteiger partial charge in [-0.25, -0.2) is 0 Å². The first-order chi connectivity index (χ1) is 17.0. The van der Waals surface area contributed by atoms with Crippen LogP contribution in [0.15, 0.2) is 53.4 Å². The van der Waals surface area contributed by atoms with Gasteiger partial charge >= 0.3 is 0 Å². The van der Waals surface area contributed by atoms with Crippen molar-refractivity contribution in [2.45, 2.75) is 82.6 Å². The van der Waals surface area contributed by atoms with Crippen molar-refractivity contribution in [1.29, 1.82) is 0 Å². The topological polar surface area (TPSA) is 97.5 Å². The summed E-state index contributed by atoms with van der Waals surface area (Å²) in [4.78, 5) is 8.95. The predicted octanol–water partition coefficient (Wildman–Crippen LogP) is 7.68. The van der Waals surface area contributed by atoms with Crippen LogP contribution in [0.25, 0.3) is 0 Å². The molecule has 7 nitrogen and oxygen atoms in total. The number of nitrogens with zero attached hydrogens (tertiary/aromatic N) is 2. The Morgan fingerprint density at radius 3 is 1.92 bits per heavy atom. The molecule has 0 spiro atoms. The minimum absolute atomic E-state index is 0.192. The van der Waals surface area contributed by atoms with Gasteiger partial charge in [0.2, 0.25) is 0 Å². The molecule has 202 valence electrons. The van der Waals surface area contributed by atoms with Crippen molar-refractivity contribution in [3.63, 3.8) is 0 Å².